The predicted molar refractivity (Wildman–Crippen MR) is 110 cm³/mol. The number of carbonyl (C=O) groups is 1. The minimum Gasteiger partial charge on any atom is -0.487 e. The van der Waals surface area contributed by atoms with Crippen molar-refractivity contribution in [2.75, 3.05) is 25.0 Å². The molecule has 5 rings (SSSR count). The van der Waals surface area contributed by atoms with Crippen molar-refractivity contribution in [2.45, 2.75) is 31.7 Å². The fourth-order valence-electron chi connectivity index (χ4n) is 4.40. The number of hydrogen-bond donors (Lipinski definition) is 3. The van der Waals surface area contributed by atoms with Gasteiger partial charge in [0.15, 0.2) is 0 Å². The SMILES string of the molecule is O=C1Nc2ccccc2C1=C1OCc2cc(CCN3CC[C@H](O)[C@@H](O)C3)ccc21. The summed E-state index contributed by atoms with van der Waals surface area (Å²) in [7, 11) is 0. The number of amides is 1. The number of para-hydroxylation sites is 1. The van der Waals surface area contributed by atoms with E-state index in [1.165, 1.54) is 5.56 Å². The van der Waals surface area contributed by atoms with Crippen LogP contribution in [0, 0.1) is 0 Å². The number of hydrogen-bond acceptors (Lipinski definition) is 5. The monoisotopic (exact) mass is 392 g/mol. The van der Waals surface area contributed by atoms with Gasteiger partial charge in [-0.05, 0) is 24.5 Å². The van der Waals surface area contributed by atoms with Crippen LogP contribution < -0.4 is 5.32 Å². The van der Waals surface area contributed by atoms with Gasteiger partial charge in [0.1, 0.15) is 12.4 Å². The quantitative estimate of drug-likeness (QED) is 0.696. The van der Waals surface area contributed by atoms with Crippen LogP contribution in [0.15, 0.2) is 42.5 Å². The average molecular weight is 392 g/mol. The Morgan fingerprint density at radius 3 is 2.83 bits per heavy atom. The van der Waals surface area contributed by atoms with E-state index in [0.29, 0.717) is 30.9 Å². The first-order valence-electron chi connectivity index (χ1n) is 10.1. The van der Waals surface area contributed by atoms with Gasteiger partial charge in [-0.2, -0.15) is 0 Å². The van der Waals surface area contributed by atoms with E-state index >= 15 is 0 Å². The van der Waals surface area contributed by atoms with E-state index in [9.17, 15) is 15.0 Å². The van der Waals surface area contributed by atoms with Crippen molar-refractivity contribution in [2.24, 2.45) is 0 Å². The van der Waals surface area contributed by atoms with Crippen LogP contribution in [-0.4, -0.2) is 52.9 Å². The maximum Gasteiger partial charge on any atom is 0.260 e. The minimum absolute atomic E-state index is 0.121. The second kappa shape index (κ2) is 7.30. The lowest BCUT2D eigenvalue weighted by molar-refractivity contribution is -0.110. The van der Waals surface area contributed by atoms with Crippen LogP contribution in [0.3, 0.4) is 0 Å². The highest BCUT2D eigenvalue weighted by Gasteiger charge is 2.32. The number of ether oxygens (including phenoxy) is 1. The van der Waals surface area contributed by atoms with Gasteiger partial charge in [0.25, 0.3) is 5.91 Å². The second-order valence-corrected chi connectivity index (χ2v) is 7.96. The van der Waals surface area contributed by atoms with Crippen LogP contribution in [0.25, 0.3) is 11.3 Å². The third kappa shape index (κ3) is 3.33. The lowest BCUT2D eigenvalue weighted by Crippen LogP contribution is -2.47. The molecule has 0 saturated carbocycles. The number of rotatable bonds is 3. The summed E-state index contributed by atoms with van der Waals surface area (Å²) in [5.74, 6) is 0.533. The van der Waals surface area contributed by atoms with Gasteiger partial charge >= 0.3 is 0 Å². The molecule has 3 aliphatic heterocycles. The molecule has 0 radical (unpaired) electrons. The number of piperidine rings is 1. The van der Waals surface area contributed by atoms with Gasteiger partial charge < -0.3 is 25.2 Å². The molecule has 0 bridgehead atoms. The number of fused-ring (bicyclic) bond motifs is 2. The van der Waals surface area contributed by atoms with E-state index in [0.717, 1.165) is 41.9 Å². The van der Waals surface area contributed by atoms with Crippen molar-refractivity contribution in [3.05, 3.63) is 64.7 Å². The van der Waals surface area contributed by atoms with E-state index in [1.54, 1.807) is 0 Å². The molecule has 150 valence electrons. The average Bonchev–Trinajstić information content (AvgIpc) is 3.28. The Balaban J connectivity index is 1.35. The third-order valence-corrected chi connectivity index (χ3v) is 6.03. The van der Waals surface area contributed by atoms with Crippen LogP contribution in [0.2, 0.25) is 0 Å². The lowest BCUT2D eigenvalue weighted by atomic mass is 9.98. The van der Waals surface area contributed by atoms with E-state index in [4.69, 9.17) is 4.74 Å². The Morgan fingerprint density at radius 1 is 1.10 bits per heavy atom. The van der Waals surface area contributed by atoms with Crippen LogP contribution in [-0.2, 0) is 22.6 Å². The highest BCUT2D eigenvalue weighted by atomic mass is 16.5. The second-order valence-electron chi connectivity index (χ2n) is 7.96. The zero-order valence-corrected chi connectivity index (χ0v) is 16.1. The van der Waals surface area contributed by atoms with Gasteiger partial charge in [0.2, 0.25) is 0 Å². The summed E-state index contributed by atoms with van der Waals surface area (Å²) >= 11 is 0. The molecule has 2 aromatic rings. The van der Waals surface area contributed by atoms with Gasteiger partial charge in [-0.3, -0.25) is 4.79 Å². The molecule has 3 aliphatic rings. The number of carbonyl (C=O) groups excluding carboxylic acids is 1. The normalized spacial score (nSPS) is 26.1. The van der Waals surface area contributed by atoms with Crippen molar-refractivity contribution in [3.63, 3.8) is 0 Å². The number of nitrogens with zero attached hydrogens (tertiary/aromatic N) is 1. The first-order valence-corrected chi connectivity index (χ1v) is 10.1. The Hall–Kier alpha value is -2.67. The fourth-order valence-corrected chi connectivity index (χ4v) is 4.40. The number of β-amino-alcohol motifs (C(OH)–C–C–N with tert-alkyl or cyclic N) is 1. The molecule has 1 fully saturated rings. The molecule has 0 spiro atoms. The number of benzene rings is 2. The molecule has 1 saturated heterocycles. The van der Waals surface area contributed by atoms with Gasteiger partial charge in [-0.25, -0.2) is 0 Å². The van der Waals surface area contributed by atoms with Crippen molar-refractivity contribution in [3.8, 4) is 0 Å². The summed E-state index contributed by atoms with van der Waals surface area (Å²) in [6, 6.07) is 14.0. The van der Waals surface area contributed by atoms with E-state index in [1.807, 2.05) is 30.3 Å². The number of likely N-dealkylation sites (tertiary alicyclic amines) is 1. The Morgan fingerprint density at radius 2 is 1.97 bits per heavy atom. The molecule has 3 heterocycles. The number of anilines is 1. The lowest BCUT2D eigenvalue weighted by Gasteiger charge is -2.33. The Bertz CT molecular complexity index is 1000. The van der Waals surface area contributed by atoms with Gasteiger partial charge in [0, 0.05) is 42.0 Å². The first-order chi connectivity index (χ1) is 14.1. The van der Waals surface area contributed by atoms with Crippen molar-refractivity contribution < 1.29 is 19.7 Å². The summed E-state index contributed by atoms with van der Waals surface area (Å²) in [4.78, 5) is 14.7. The van der Waals surface area contributed by atoms with Crippen LogP contribution in [0.1, 0.15) is 28.7 Å². The van der Waals surface area contributed by atoms with Gasteiger partial charge in [0.05, 0.1) is 17.8 Å². The van der Waals surface area contributed by atoms with Gasteiger partial charge in [-0.15, -0.1) is 0 Å². The van der Waals surface area contributed by atoms with E-state index < -0.39 is 12.2 Å². The molecule has 2 atom stereocenters. The van der Waals surface area contributed by atoms with Crippen molar-refractivity contribution >= 4 is 22.9 Å². The maximum atomic E-state index is 12.5. The molecule has 0 unspecified atom stereocenters. The largest absolute Gasteiger partial charge is 0.487 e. The summed E-state index contributed by atoms with van der Waals surface area (Å²) in [6.07, 6.45) is 0.213. The predicted octanol–water partition coefficient (Wildman–Crippen LogP) is 2.01. The first kappa shape index (κ1) is 18.4. The summed E-state index contributed by atoms with van der Waals surface area (Å²) in [6.45, 7) is 2.62. The number of aliphatic hydroxyl groups is 2. The molecule has 0 aliphatic carbocycles. The summed E-state index contributed by atoms with van der Waals surface area (Å²) in [5, 5.41) is 22.4. The molecule has 2 aromatic carbocycles. The summed E-state index contributed by atoms with van der Waals surface area (Å²) in [5.41, 5.74) is 5.59. The van der Waals surface area contributed by atoms with Crippen LogP contribution >= 0.6 is 0 Å². The standard InChI is InChI=1S/C23H24N2O4/c26-19-8-10-25(12-20(19)27)9-7-14-5-6-16-15(11-14)13-29-22(16)21-17-3-1-2-4-18(17)24-23(21)28/h1-6,11,19-20,26-27H,7-10,12-13H2,(H,24,28)/t19-,20-/m0/s1. The molecule has 6 nitrogen and oxygen atoms in total. The minimum atomic E-state index is -0.660. The molecule has 3 N–H and O–H groups in total. The van der Waals surface area contributed by atoms with E-state index in [-0.39, 0.29) is 5.91 Å². The molecule has 1 amide bonds. The molecule has 6 heteroatoms. The zero-order valence-electron chi connectivity index (χ0n) is 16.1. The molecular weight excluding hydrogens is 368 g/mol. The molecular formula is C23H24N2O4. The Kier molecular flexibility index (Phi) is 4.62. The molecule has 0 aromatic heterocycles. The van der Waals surface area contributed by atoms with Crippen molar-refractivity contribution in [1.29, 1.82) is 0 Å². The molecule has 29 heavy (non-hydrogen) atoms. The van der Waals surface area contributed by atoms with Crippen LogP contribution in [0.5, 0.6) is 0 Å². The topological polar surface area (TPSA) is 82.0 Å². The Labute approximate surface area is 169 Å². The summed E-state index contributed by atoms with van der Waals surface area (Å²) < 4.78 is 5.96. The van der Waals surface area contributed by atoms with E-state index in [2.05, 4.69) is 22.3 Å². The number of nitrogens with one attached hydrogen (secondary N) is 1. The smallest absolute Gasteiger partial charge is 0.260 e. The van der Waals surface area contributed by atoms with Crippen molar-refractivity contribution in [1.82, 2.24) is 4.90 Å². The highest BCUT2D eigenvalue weighted by Crippen LogP contribution is 2.41. The maximum absolute atomic E-state index is 12.5. The van der Waals surface area contributed by atoms with Crippen LogP contribution in [0.4, 0.5) is 5.69 Å². The fraction of sp³-hybridized carbons (Fsp3) is 0.348. The van der Waals surface area contributed by atoms with Gasteiger partial charge in [-0.1, -0.05) is 36.4 Å². The third-order valence-electron chi connectivity index (χ3n) is 6.03. The number of aliphatic hydroxyl groups excluding tert-OH is 2. The zero-order chi connectivity index (χ0) is 20.0. The highest BCUT2D eigenvalue weighted by molar-refractivity contribution is 6.36.